The summed E-state index contributed by atoms with van der Waals surface area (Å²) >= 11 is 3.31. The van der Waals surface area contributed by atoms with Crippen LogP contribution in [0.15, 0.2) is 27.2 Å². The van der Waals surface area contributed by atoms with Crippen LogP contribution in [0.2, 0.25) is 0 Å². The van der Waals surface area contributed by atoms with Gasteiger partial charge in [0.05, 0.1) is 0 Å². The van der Waals surface area contributed by atoms with Crippen molar-refractivity contribution in [1.29, 1.82) is 0 Å². The van der Waals surface area contributed by atoms with Gasteiger partial charge in [0, 0.05) is 16.0 Å². The van der Waals surface area contributed by atoms with Gasteiger partial charge < -0.3 is 9.84 Å². The molecule has 2 aromatic rings. The zero-order valence-corrected chi connectivity index (χ0v) is 11.9. The number of hydrogen-bond donors (Lipinski definition) is 1. The lowest BCUT2D eigenvalue weighted by molar-refractivity contribution is 0.252. The van der Waals surface area contributed by atoms with Crippen molar-refractivity contribution in [1.82, 2.24) is 15.5 Å². The van der Waals surface area contributed by atoms with Crippen LogP contribution in [0.1, 0.15) is 18.7 Å². The minimum absolute atomic E-state index is 0.238. The molecule has 1 unspecified atom stereocenters. The van der Waals surface area contributed by atoms with Crippen molar-refractivity contribution in [3.05, 3.63) is 34.4 Å². The monoisotopic (exact) mass is 325 g/mol. The normalized spacial score (nSPS) is 17.2. The van der Waals surface area contributed by atoms with Crippen LogP contribution in [-0.2, 0) is 0 Å². The van der Waals surface area contributed by atoms with Crippen molar-refractivity contribution in [2.75, 3.05) is 13.1 Å². The topological polar surface area (TPSA) is 51.0 Å². The molecule has 0 saturated carbocycles. The Morgan fingerprint density at radius 1 is 1.47 bits per heavy atom. The van der Waals surface area contributed by atoms with Crippen LogP contribution in [0, 0.1) is 11.7 Å². The molecular weight excluding hydrogens is 313 g/mol. The van der Waals surface area contributed by atoms with Gasteiger partial charge in [-0.2, -0.15) is 4.98 Å². The number of nitrogens with one attached hydrogen (secondary N) is 1. The molecule has 2 heterocycles. The summed E-state index contributed by atoms with van der Waals surface area (Å²) in [6.45, 7) is 4.06. The molecule has 1 N–H and O–H groups in total. The Labute approximate surface area is 118 Å². The summed E-state index contributed by atoms with van der Waals surface area (Å²) in [7, 11) is 0. The molecule has 1 aliphatic heterocycles. The van der Waals surface area contributed by atoms with Gasteiger partial charge in [-0.1, -0.05) is 12.1 Å². The molecule has 1 atom stereocenters. The number of hydrogen-bond acceptors (Lipinski definition) is 4. The Morgan fingerprint density at radius 3 is 2.89 bits per heavy atom. The van der Waals surface area contributed by atoms with Crippen molar-refractivity contribution < 1.29 is 8.91 Å². The Kier molecular flexibility index (Phi) is 3.36. The van der Waals surface area contributed by atoms with E-state index in [0.29, 0.717) is 22.1 Å². The third kappa shape index (κ3) is 2.42. The lowest BCUT2D eigenvalue weighted by Gasteiger charge is -2.30. The third-order valence-corrected chi connectivity index (χ3v) is 4.18. The lowest BCUT2D eigenvalue weighted by atomic mass is 9.89. The molecule has 1 aromatic carbocycles. The summed E-state index contributed by atoms with van der Waals surface area (Å²) in [6.07, 6.45) is 0. The van der Waals surface area contributed by atoms with E-state index >= 15 is 0 Å². The highest BCUT2D eigenvalue weighted by atomic mass is 79.9. The van der Waals surface area contributed by atoms with Gasteiger partial charge in [-0.3, -0.25) is 0 Å². The van der Waals surface area contributed by atoms with Gasteiger partial charge in [-0.25, -0.2) is 4.39 Å². The number of rotatable bonds is 3. The van der Waals surface area contributed by atoms with Crippen molar-refractivity contribution >= 4 is 15.9 Å². The highest BCUT2D eigenvalue weighted by Crippen LogP contribution is 2.30. The fourth-order valence-corrected chi connectivity index (χ4v) is 2.59. The molecule has 100 valence electrons. The number of aromatic nitrogens is 2. The second kappa shape index (κ2) is 5.02. The predicted molar refractivity (Wildman–Crippen MR) is 72.2 cm³/mol. The van der Waals surface area contributed by atoms with E-state index in [1.165, 1.54) is 12.1 Å². The van der Waals surface area contributed by atoms with Gasteiger partial charge in [0.2, 0.25) is 11.7 Å². The molecule has 1 saturated heterocycles. The lowest BCUT2D eigenvalue weighted by Crippen LogP contribution is -2.44. The van der Waals surface area contributed by atoms with E-state index in [1.54, 1.807) is 6.07 Å². The summed E-state index contributed by atoms with van der Waals surface area (Å²) in [5.41, 5.74) is 0.732. The SMILES string of the molecule is CC(c1nc(-c2ccc(F)cc2Br)no1)C1CNC1. The van der Waals surface area contributed by atoms with Crippen LogP contribution in [0.3, 0.4) is 0 Å². The molecular formula is C13H13BrFN3O. The average molecular weight is 326 g/mol. The van der Waals surface area contributed by atoms with Crippen LogP contribution >= 0.6 is 15.9 Å². The number of halogens is 2. The molecule has 1 aliphatic rings. The minimum atomic E-state index is -0.298. The first-order valence-corrected chi connectivity index (χ1v) is 6.94. The molecule has 1 aromatic heterocycles. The smallest absolute Gasteiger partial charge is 0.230 e. The van der Waals surface area contributed by atoms with E-state index in [1.807, 2.05) is 0 Å². The van der Waals surface area contributed by atoms with E-state index in [-0.39, 0.29) is 11.7 Å². The summed E-state index contributed by atoms with van der Waals surface area (Å²) in [6, 6.07) is 4.42. The standard InChI is InChI=1S/C13H13BrFN3O/c1-7(8-5-16-6-8)13-17-12(18-19-13)10-3-2-9(15)4-11(10)14/h2-4,7-8,16H,5-6H2,1H3. The highest BCUT2D eigenvalue weighted by molar-refractivity contribution is 9.10. The van der Waals surface area contributed by atoms with Gasteiger partial charge >= 0.3 is 0 Å². The summed E-state index contributed by atoms with van der Waals surface area (Å²) < 4.78 is 19.0. The van der Waals surface area contributed by atoms with Crippen molar-refractivity contribution in [2.24, 2.45) is 5.92 Å². The first kappa shape index (κ1) is 12.7. The Balaban J connectivity index is 1.87. The average Bonchev–Trinajstić information content (AvgIpc) is 2.75. The Bertz CT molecular complexity index is 597. The van der Waals surface area contributed by atoms with E-state index < -0.39 is 0 Å². The van der Waals surface area contributed by atoms with Crippen molar-refractivity contribution in [3.8, 4) is 11.4 Å². The molecule has 0 amide bonds. The number of nitrogens with zero attached hydrogens (tertiary/aromatic N) is 2. The fourth-order valence-electron chi connectivity index (χ4n) is 2.07. The summed E-state index contributed by atoms with van der Waals surface area (Å²) in [5, 5.41) is 7.21. The van der Waals surface area contributed by atoms with Gasteiger partial charge in [-0.15, -0.1) is 0 Å². The Hall–Kier alpha value is -1.27. The maximum atomic E-state index is 13.1. The highest BCUT2D eigenvalue weighted by Gasteiger charge is 2.29. The molecule has 3 rings (SSSR count). The van der Waals surface area contributed by atoms with Crippen LogP contribution in [0.4, 0.5) is 4.39 Å². The van der Waals surface area contributed by atoms with Crippen molar-refractivity contribution in [2.45, 2.75) is 12.8 Å². The van der Waals surface area contributed by atoms with Crippen molar-refractivity contribution in [3.63, 3.8) is 0 Å². The van der Waals surface area contributed by atoms with Crippen LogP contribution in [-0.4, -0.2) is 23.2 Å². The van der Waals surface area contributed by atoms with Crippen LogP contribution in [0.5, 0.6) is 0 Å². The Morgan fingerprint density at radius 2 is 2.26 bits per heavy atom. The zero-order valence-electron chi connectivity index (χ0n) is 10.4. The van der Waals surface area contributed by atoms with Gasteiger partial charge in [0.15, 0.2) is 0 Å². The van der Waals surface area contributed by atoms with Gasteiger partial charge in [-0.05, 0) is 53.1 Å². The summed E-state index contributed by atoms with van der Waals surface area (Å²) in [4.78, 5) is 4.42. The molecule has 0 aliphatic carbocycles. The fraction of sp³-hybridized carbons (Fsp3) is 0.385. The van der Waals surface area contributed by atoms with E-state index in [4.69, 9.17) is 4.52 Å². The first-order chi connectivity index (χ1) is 9.15. The molecule has 0 spiro atoms. The second-order valence-corrected chi connectivity index (χ2v) is 5.64. The molecule has 1 fully saturated rings. The molecule has 4 nitrogen and oxygen atoms in total. The van der Waals surface area contributed by atoms with Crippen LogP contribution in [0.25, 0.3) is 11.4 Å². The zero-order chi connectivity index (χ0) is 13.4. The largest absolute Gasteiger partial charge is 0.339 e. The predicted octanol–water partition coefficient (Wildman–Crippen LogP) is 2.96. The molecule has 0 radical (unpaired) electrons. The van der Waals surface area contributed by atoms with Gasteiger partial charge in [0.25, 0.3) is 0 Å². The number of benzene rings is 1. The molecule has 0 bridgehead atoms. The van der Waals surface area contributed by atoms with E-state index in [2.05, 4.69) is 38.3 Å². The van der Waals surface area contributed by atoms with E-state index in [0.717, 1.165) is 18.7 Å². The first-order valence-electron chi connectivity index (χ1n) is 6.15. The summed E-state index contributed by atoms with van der Waals surface area (Å²) in [5.74, 6) is 1.61. The molecule has 6 heteroatoms. The van der Waals surface area contributed by atoms with E-state index in [9.17, 15) is 4.39 Å². The maximum Gasteiger partial charge on any atom is 0.230 e. The van der Waals surface area contributed by atoms with Crippen LogP contribution < -0.4 is 5.32 Å². The maximum absolute atomic E-state index is 13.1. The molecule has 19 heavy (non-hydrogen) atoms. The third-order valence-electron chi connectivity index (χ3n) is 3.52. The van der Waals surface area contributed by atoms with Gasteiger partial charge in [0.1, 0.15) is 5.82 Å². The minimum Gasteiger partial charge on any atom is -0.339 e. The second-order valence-electron chi connectivity index (χ2n) is 4.79. The quantitative estimate of drug-likeness (QED) is 0.942.